The number of halogens is 1. The van der Waals surface area contributed by atoms with E-state index in [-0.39, 0.29) is 10.6 Å². The molecule has 1 aliphatic rings. The maximum Gasteiger partial charge on any atom is 0.238 e. The molecule has 0 saturated carbocycles. The van der Waals surface area contributed by atoms with Gasteiger partial charge in [0.25, 0.3) is 0 Å². The molecule has 0 radical (unpaired) electrons. The summed E-state index contributed by atoms with van der Waals surface area (Å²) in [5, 5.41) is 2.66. The van der Waals surface area contributed by atoms with Crippen molar-refractivity contribution in [2.45, 2.75) is 25.3 Å². The van der Waals surface area contributed by atoms with Crippen LogP contribution in [0.25, 0.3) is 0 Å². The molecular formula is C7H13BrN2O3S. The smallest absolute Gasteiger partial charge is 0.238 e. The van der Waals surface area contributed by atoms with Gasteiger partial charge in [-0.05, 0) is 19.3 Å². The molecule has 5 nitrogen and oxygen atoms in total. The first-order chi connectivity index (χ1) is 6.55. The van der Waals surface area contributed by atoms with Crippen molar-refractivity contribution in [1.82, 2.24) is 10.0 Å². The van der Waals surface area contributed by atoms with E-state index in [1.54, 1.807) is 0 Å². The molecule has 14 heavy (non-hydrogen) atoms. The Bertz CT molecular complexity index is 304. The van der Waals surface area contributed by atoms with Crippen molar-refractivity contribution in [2.24, 2.45) is 0 Å². The van der Waals surface area contributed by atoms with Gasteiger partial charge in [-0.1, -0.05) is 15.9 Å². The second-order valence-corrected chi connectivity index (χ2v) is 6.24. The van der Waals surface area contributed by atoms with E-state index in [9.17, 15) is 13.2 Å². The highest BCUT2D eigenvalue weighted by Crippen LogP contribution is 2.07. The Morgan fingerprint density at radius 3 is 2.86 bits per heavy atom. The molecule has 1 aliphatic heterocycles. The molecule has 1 saturated heterocycles. The second-order valence-electron chi connectivity index (χ2n) is 3.18. The summed E-state index contributed by atoms with van der Waals surface area (Å²) in [7, 11) is -3.36. The van der Waals surface area contributed by atoms with Gasteiger partial charge in [-0.2, -0.15) is 0 Å². The Balaban J connectivity index is 2.61. The number of sulfonamides is 1. The summed E-state index contributed by atoms with van der Waals surface area (Å²) in [6.07, 6.45) is 2.32. The molecule has 1 heterocycles. The summed E-state index contributed by atoms with van der Waals surface area (Å²) < 4.78 is 24.5. The number of alkyl halides is 1. The predicted molar refractivity (Wildman–Crippen MR) is 56.5 cm³/mol. The van der Waals surface area contributed by atoms with E-state index in [0.29, 0.717) is 13.0 Å². The van der Waals surface area contributed by atoms with E-state index in [1.165, 1.54) is 0 Å². The van der Waals surface area contributed by atoms with E-state index >= 15 is 0 Å². The molecule has 0 aromatic carbocycles. The van der Waals surface area contributed by atoms with Crippen LogP contribution < -0.4 is 10.0 Å². The van der Waals surface area contributed by atoms with Gasteiger partial charge in [0.1, 0.15) is 10.7 Å². The fraction of sp³-hybridized carbons (Fsp3) is 0.857. The molecule has 0 bridgehead atoms. The van der Waals surface area contributed by atoms with Gasteiger partial charge in [0.15, 0.2) is 0 Å². The summed E-state index contributed by atoms with van der Waals surface area (Å²) in [5.74, 6) is -0.230. The van der Waals surface area contributed by atoms with E-state index in [4.69, 9.17) is 0 Å². The van der Waals surface area contributed by atoms with Crippen LogP contribution in [0.2, 0.25) is 0 Å². The Morgan fingerprint density at radius 1 is 1.50 bits per heavy atom. The van der Waals surface area contributed by atoms with Crippen LogP contribution in [0.3, 0.4) is 0 Å². The van der Waals surface area contributed by atoms with Gasteiger partial charge in [-0.25, -0.2) is 13.1 Å². The van der Waals surface area contributed by atoms with Crippen LogP contribution in [0.5, 0.6) is 0 Å². The average Bonchev–Trinajstić information content (AvgIpc) is 2.32. The van der Waals surface area contributed by atoms with Gasteiger partial charge in [0.2, 0.25) is 15.9 Å². The van der Waals surface area contributed by atoms with Crippen LogP contribution in [0.4, 0.5) is 0 Å². The Morgan fingerprint density at radius 2 is 2.21 bits per heavy atom. The van der Waals surface area contributed by atoms with Crippen LogP contribution in [-0.4, -0.2) is 31.6 Å². The average molecular weight is 285 g/mol. The third kappa shape index (κ3) is 3.55. The summed E-state index contributed by atoms with van der Waals surface area (Å²) >= 11 is 2.86. The first kappa shape index (κ1) is 11.9. The molecule has 0 aliphatic carbocycles. The standard InChI is InChI=1S/C7H13BrN2O3S/c8-5-14(12,13)10-6-3-1-2-4-9-7(6)11/h6,10H,1-5H2,(H,9,11). The predicted octanol–water partition coefficient (Wildman–Crippen LogP) is -0.0731. The number of amides is 1. The second kappa shape index (κ2) is 5.09. The van der Waals surface area contributed by atoms with Gasteiger partial charge < -0.3 is 5.32 Å². The summed E-state index contributed by atoms with van der Waals surface area (Å²) in [4.78, 5) is 11.4. The van der Waals surface area contributed by atoms with Gasteiger partial charge >= 0.3 is 0 Å². The zero-order valence-electron chi connectivity index (χ0n) is 7.62. The van der Waals surface area contributed by atoms with Crippen molar-refractivity contribution in [2.75, 3.05) is 11.2 Å². The number of nitrogens with one attached hydrogen (secondary N) is 2. The largest absolute Gasteiger partial charge is 0.355 e. The monoisotopic (exact) mass is 284 g/mol. The minimum Gasteiger partial charge on any atom is -0.355 e. The molecular weight excluding hydrogens is 272 g/mol. The highest BCUT2D eigenvalue weighted by Gasteiger charge is 2.24. The lowest BCUT2D eigenvalue weighted by molar-refractivity contribution is -0.122. The summed E-state index contributed by atoms with van der Waals surface area (Å²) in [6, 6.07) is -0.611. The molecule has 0 spiro atoms. The topological polar surface area (TPSA) is 75.3 Å². The zero-order valence-corrected chi connectivity index (χ0v) is 10.0. The van der Waals surface area contributed by atoms with Gasteiger partial charge in [0.05, 0.1) is 0 Å². The molecule has 1 atom stereocenters. The third-order valence-electron chi connectivity index (χ3n) is 2.00. The maximum atomic E-state index is 11.4. The van der Waals surface area contributed by atoms with Crippen LogP contribution in [0.15, 0.2) is 0 Å². The van der Waals surface area contributed by atoms with Crippen LogP contribution in [0, 0.1) is 0 Å². The summed E-state index contributed by atoms with van der Waals surface area (Å²) in [6.45, 7) is 0.630. The lowest BCUT2D eigenvalue weighted by atomic mass is 10.1. The molecule has 2 N–H and O–H groups in total. The SMILES string of the molecule is O=C1NCCCCC1NS(=O)(=O)CBr. The fourth-order valence-electron chi connectivity index (χ4n) is 1.30. The lowest BCUT2D eigenvalue weighted by Crippen LogP contribution is -2.45. The quantitative estimate of drug-likeness (QED) is 0.713. The number of hydrogen-bond acceptors (Lipinski definition) is 3. The first-order valence-electron chi connectivity index (χ1n) is 4.39. The van der Waals surface area contributed by atoms with Crippen molar-refractivity contribution in [3.05, 3.63) is 0 Å². The first-order valence-corrected chi connectivity index (χ1v) is 7.16. The summed E-state index contributed by atoms with van der Waals surface area (Å²) in [5.41, 5.74) is 0. The number of carbonyl (C=O) groups excluding carboxylic acids is 1. The zero-order chi connectivity index (χ0) is 10.6. The number of carbonyl (C=O) groups is 1. The Labute approximate surface area is 91.8 Å². The van der Waals surface area contributed by atoms with Crippen molar-refractivity contribution < 1.29 is 13.2 Å². The molecule has 7 heteroatoms. The van der Waals surface area contributed by atoms with E-state index < -0.39 is 16.1 Å². The minimum absolute atomic E-state index is 0.177. The normalized spacial score (nSPS) is 24.1. The van der Waals surface area contributed by atoms with Crippen molar-refractivity contribution in [1.29, 1.82) is 0 Å². The third-order valence-corrected chi connectivity index (χ3v) is 4.74. The lowest BCUT2D eigenvalue weighted by Gasteiger charge is -2.13. The molecule has 1 fully saturated rings. The van der Waals surface area contributed by atoms with E-state index in [1.807, 2.05) is 0 Å². The Hall–Kier alpha value is -0.140. The van der Waals surface area contributed by atoms with Crippen LogP contribution in [-0.2, 0) is 14.8 Å². The number of hydrogen-bond donors (Lipinski definition) is 2. The number of rotatable bonds is 3. The molecule has 82 valence electrons. The molecule has 1 rings (SSSR count). The highest BCUT2D eigenvalue weighted by molar-refractivity contribution is 9.10. The van der Waals surface area contributed by atoms with Crippen molar-refractivity contribution in [3.8, 4) is 0 Å². The van der Waals surface area contributed by atoms with Gasteiger partial charge in [-0.15, -0.1) is 0 Å². The Kier molecular flexibility index (Phi) is 4.33. The molecule has 1 amide bonds. The van der Waals surface area contributed by atoms with Crippen LogP contribution >= 0.6 is 15.9 Å². The van der Waals surface area contributed by atoms with E-state index in [0.717, 1.165) is 12.8 Å². The molecule has 0 aromatic heterocycles. The van der Waals surface area contributed by atoms with E-state index in [2.05, 4.69) is 26.0 Å². The maximum absolute atomic E-state index is 11.4. The molecule has 1 unspecified atom stereocenters. The van der Waals surface area contributed by atoms with Crippen molar-refractivity contribution >= 4 is 31.9 Å². The van der Waals surface area contributed by atoms with Gasteiger partial charge in [-0.3, -0.25) is 4.79 Å². The van der Waals surface area contributed by atoms with Crippen LogP contribution in [0.1, 0.15) is 19.3 Å². The highest BCUT2D eigenvalue weighted by atomic mass is 79.9. The van der Waals surface area contributed by atoms with Crippen molar-refractivity contribution in [3.63, 3.8) is 0 Å². The molecule has 0 aromatic rings. The van der Waals surface area contributed by atoms with Gasteiger partial charge in [0, 0.05) is 6.54 Å². The minimum atomic E-state index is -3.36. The fourth-order valence-corrected chi connectivity index (χ4v) is 2.42.